The largest absolute Gasteiger partial charge is 0.465 e. The normalized spacial score (nSPS) is 10.6. The van der Waals surface area contributed by atoms with Crippen molar-refractivity contribution in [1.82, 2.24) is 9.78 Å². The first kappa shape index (κ1) is 19.1. The third-order valence-electron chi connectivity index (χ3n) is 3.68. The van der Waals surface area contributed by atoms with Crippen LogP contribution in [0.5, 0.6) is 0 Å². The van der Waals surface area contributed by atoms with Crippen LogP contribution in [0, 0.1) is 0 Å². The maximum Gasteiger partial charge on any atom is 0.349 e. The molecule has 0 aliphatic heterocycles. The fourth-order valence-electron chi connectivity index (χ4n) is 2.47. The predicted octanol–water partition coefficient (Wildman–Crippen LogP) is 2.98. The van der Waals surface area contributed by atoms with Crippen LogP contribution in [0.3, 0.4) is 0 Å². The molecule has 1 aromatic carbocycles. The molecular formula is C16H14ClN5O3S2. The number of methoxy groups -OCH3 is 1. The van der Waals surface area contributed by atoms with Gasteiger partial charge in [-0.3, -0.25) is 9.48 Å². The molecule has 0 unspecified atom stereocenters. The highest BCUT2D eigenvalue weighted by Gasteiger charge is 2.18. The summed E-state index contributed by atoms with van der Waals surface area (Å²) in [5, 5.41) is 11.2. The Bertz CT molecular complexity index is 1080. The van der Waals surface area contributed by atoms with E-state index in [0.717, 1.165) is 10.1 Å². The van der Waals surface area contributed by atoms with E-state index in [-0.39, 0.29) is 10.8 Å². The monoisotopic (exact) mass is 423 g/mol. The molecule has 8 nitrogen and oxygen atoms in total. The maximum atomic E-state index is 11.8. The number of amides is 1. The van der Waals surface area contributed by atoms with Crippen LogP contribution in [-0.2, 0) is 11.8 Å². The molecule has 11 heteroatoms. The molecule has 0 aliphatic rings. The molecule has 0 radical (unpaired) electrons. The number of aryl methyl sites for hydroxylation is 1. The minimum absolute atomic E-state index is 0.211. The zero-order valence-corrected chi connectivity index (χ0v) is 16.6. The van der Waals surface area contributed by atoms with Gasteiger partial charge in [0.2, 0.25) is 0 Å². The number of carbonyl (C=O) groups is 2. The Hall–Kier alpha value is -2.69. The Morgan fingerprint density at radius 3 is 2.78 bits per heavy atom. The van der Waals surface area contributed by atoms with Gasteiger partial charge in [-0.25, -0.2) is 4.79 Å². The van der Waals surface area contributed by atoms with E-state index in [0.29, 0.717) is 21.3 Å². The molecule has 2 aromatic heterocycles. The summed E-state index contributed by atoms with van der Waals surface area (Å²) in [5.41, 5.74) is 6.64. The quantitative estimate of drug-likeness (QED) is 0.437. The number of nitrogens with zero attached hydrogens (tertiary/aromatic N) is 2. The smallest absolute Gasteiger partial charge is 0.349 e. The number of thiophene rings is 1. The first-order chi connectivity index (χ1) is 12.8. The van der Waals surface area contributed by atoms with Crippen molar-refractivity contribution in [2.24, 2.45) is 12.8 Å². The summed E-state index contributed by atoms with van der Waals surface area (Å²) in [6.45, 7) is 0. The molecule has 0 spiro atoms. The van der Waals surface area contributed by atoms with Crippen LogP contribution in [0.25, 0.3) is 10.1 Å². The second kappa shape index (κ2) is 7.51. The van der Waals surface area contributed by atoms with Gasteiger partial charge in [0, 0.05) is 22.8 Å². The standard InChI is InChI=1S/C16H14ClN5O3S2/c1-22-12(14(18)23)9(6-19-22)21-16(26)20-7-3-4-8-10(5-7)27-13(11(8)17)15(24)25-2/h3-6H,1-2H3,(H2,18,23)(H2,20,21,26). The molecule has 27 heavy (non-hydrogen) atoms. The molecule has 3 aromatic rings. The Morgan fingerprint density at radius 1 is 1.37 bits per heavy atom. The lowest BCUT2D eigenvalue weighted by Gasteiger charge is -2.10. The summed E-state index contributed by atoms with van der Waals surface area (Å²) < 4.78 is 6.90. The van der Waals surface area contributed by atoms with Gasteiger partial charge in [-0.1, -0.05) is 11.6 Å². The lowest BCUT2D eigenvalue weighted by atomic mass is 10.2. The van der Waals surface area contributed by atoms with E-state index in [1.165, 1.54) is 29.3 Å². The lowest BCUT2D eigenvalue weighted by molar-refractivity contribution is 0.0606. The molecule has 0 saturated heterocycles. The van der Waals surface area contributed by atoms with Crippen molar-refractivity contribution in [2.75, 3.05) is 17.7 Å². The number of thiocarbonyl (C=S) groups is 1. The van der Waals surface area contributed by atoms with Crippen molar-refractivity contribution in [3.05, 3.63) is 40.0 Å². The number of halogens is 1. The lowest BCUT2D eigenvalue weighted by Crippen LogP contribution is -2.23. The SMILES string of the molecule is COC(=O)c1sc2cc(NC(=S)Nc3cnn(C)c3C(N)=O)ccc2c1Cl. The summed E-state index contributed by atoms with van der Waals surface area (Å²) >= 11 is 12.7. The molecule has 1 amide bonds. The Balaban J connectivity index is 1.81. The Kier molecular flexibility index (Phi) is 5.31. The van der Waals surface area contributed by atoms with Crippen LogP contribution < -0.4 is 16.4 Å². The van der Waals surface area contributed by atoms with E-state index >= 15 is 0 Å². The number of fused-ring (bicyclic) bond motifs is 1. The predicted molar refractivity (Wildman–Crippen MR) is 110 cm³/mol. The number of primary amides is 1. The highest BCUT2D eigenvalue weighted by molar-refractivity contribution is 7.80. The van der Waals surface area contributed by atoms with Gasteiger partial charge in [0.1, 0.15) is 10.6 Å². The Morgan fingerprint density at radius 2 is 2.11 bits per heavy atom. The van der Waals surface area contributed by atoms with Gasteiger partial charge in [0.25, 0.3) is 5.91 Å². The number of esters is 1. The van der Waals surface area contributed by atoms with Crippen molar-refractivity contribution in [1.29, 1.82) is 0 Å². The van der Waals surface area contributed by atoms with E-state index in [9.17, 15) is 9.59 Å². The van der Waals surface area contributed by atoms with Gasteiger partial charge in [0.15, 0.2) is 5.11 Å². The van der Waals surface area contributed by atoms with Gasteiger partial charge in [-0.05, 0) is 30.4 Å². The van der Waals surface area contributed by atoms with Gasteiger partial charge < -0.3 is 21.1 Å². The van der Waals surface area contributed by atoms with Crippen LogP contribution >= 0.6 is 35.2 Å². The van der Waals surface area contributed by atoms with Crippen LogP contribution in [0.2, 0.25) is 5.02 Å². The van der Waals surface area contributed by atoms with E-state index in [4.69, 9.17) is 34.3 Å². The molecule has 140 valence electrons. The number of benzene rings is 1. The molecule has 0 aliphatic carbocycles. The molecule has 3 rings (SSSR count). The number of ether oxygens (including phenoxy) is 1. The van der Waals surface area contributed by atoms with Crippen LogP contribution in [0.1, 0.15) is 20.2 Å². The highest BCUT2D eigenvalue weighted by Crippen LogP contribution is 2.37. The highest BCUT2D eigenvalue weighted by atomic mass is 35.5. The van der Waals surface area contributed by atoms with Gasteiger partial charge in [0.05, 0.1) is 24.0 Å². The topological polar surface area (TPSA) is 111 Å². The number of anilines is 2. The van der Waals surface area contributed by atoms with Crippen molar-refractivity contribution in [3.63, 3.8) is 0 Å². The zero-order valence-electron chi connectivity index (χ0n) is 14.2. The molecule has 0 fully saturated rings. The van der Waals surface area contributed by atoms with Crippen molar-refractivity contribution in [3.8, 4) is 0 Å². The summed E-state index contributed by atoms with van der Waals surface area (Å²) in [6, 6.07) is 5.36. The van der Waals surface area contributed by atoms with E-state index in [1.54, 1.807) is 19.2 Å². The fraction of sp³-hybridized carbons (Fsp3) is 0.125. The molecule has 0 saturated carbocycles. The number of hydrogen-bond acceptors (Lipinski definition) is 6. The minimum atomic E-state index is -0.620. The number of carbonyl (C=O) groups excluding carboxylic acids is 2. The second-order valence-electron chi connectivity index (χ2n) is 5.42. The maximum absolute atomic E-state index is 11.8. The average molecular weight is 424 g/mol. The molecule has 0 atom stereocenters. The average Bonchev–Trinajstić information content (AvgIpc) is 3.14. The summed E-state index contributed by atoms with van der Waals surface area (Å²) in [5.74, 6) is -1.10. The minimum Gasteiger partial charge on any atom is -0.465 e. The molecule has 0 bridgehead atoms. The summed E-state index contributed by atoms with van der Waals surface area (Å²) in [7, 11) is 2.91. The third kappa shape index (κ3) is 3.72. The third-order valence-corrected chi connectivity index (χ3v) is 5.52. The molecular weight excluding hydrogens is 410 g/mol. The summed E-state index contributed by atoms with van der Waals surface area (Å²) in [6.07, 6.45) is 1.46. The van der Waals surface area contributed by atoms with Gasteiger partial charge >= 0.3 is 5.97 Å². The number of rotatable bonds is 4. The summed E-state index contributed by atoms with van der Waals surface area (Å²) in [4.78, 5) is 23.6. The molecule has 4 N–H and O–H groups in total. The van der Waals surface area contributed by atoms with Crippen LogP contribution in [0.4, 0.5) is 11.4 Å². The first-order valence-electron chi connectivity index (χ1n) is 7.52. The van der Waals surface area contributed by atoms with E-state index in [1.807, 2.05) is 6.07 Å². The molecule has 2 heterocycles. The number of nitrogens with two attached hydrogens (primary N) is 1. The van der Waals surface area contributed by atoms with Gasteiger partial charge in [-0.2, -0.15) is 5.10 Å². The van der Waals surface area contributed by atoms with Crippen LogP contribution in [-0.4, -0.2) is 33.9 Å². The van der Waals surface area contributed by atoms with E-state index < -0.39 is 11.9 Å². The number of hydrogen-bond donors (Lipinski definition) is 3. The Labute approximate surface area is 168 Å². The second-order valence-corrected chi connectivity index (χ2v) is 7.26. The fourth-order valence-corrected chi connectivity index (χ4v) is 4.17. The van der Waals surface area contributed by atoms with Gasteiger partial charge in [-0.15, -0.1) is 11.3 Å². The van der Waals surface area contributed by atoms with Crippen LogP contribution in [0.15, 0.2) is 24.4 Å². The van der Waals surface area contributed by atoms with Crippen molar-refractivity contribution >= 4 is 73.6 Å². The number of aromatic nitrogens is 2. The number of nitrogens with one attached hydrogen (secondary N) is 2. The first-order valence-corrected chi connectivity index (χ1v) is 9.12. The zero-order chi connectivity index (χ0) is 19.7. The van der Waals surface area contributed by atoms with E-state index in [2.05, 4.69) is 15.7 Å². The van der Waals surface area contributed by atoms with Crippen molar-refractivity contribution in [2.45, 2.75) is 0 Å². The van der Waals surface area contributed by atoms with Crippen molar-refractivity contribution < 1.29 is 14.3 Å².